The summed E-state index contributed by atoms with van der Waals surface area (Å²) >= 11 is 0. The smallest absolute Gasteiger partial charge is 0.128 e. The van der Waals surface area contributed by atoms with E-state index in [1.54, 1.807) is 0 Å². The van der Waals surface area contributed by atoms with E-state index < -0.39 is 0 Å². The molecule has 2 aliphatic heterocycles. The summed E-state index contributed by atoms with van der Waals surface area (Å²) in [6.45, 7) is 2.82. The number of benzene rings is 2. The quantitative estimate of drug-likeness (QED) is 0.888. The van der Waals surface area contributed by atoms with Crippen LogP contribution < -0.4 is 5.32 Å². The third-order valence-corrected chi connectivity index (χ3v) is 4.00. The molecule has 2 aliphatic rings. The van der Waals surface area contributed by atoms with Gasteiger partial charge in [-0.05, 0) is 41.3 Å². The van der Waals surface area contributed by atoms with E-state index in [2.05, 4.69) is 51.7 Å². The van der Waals surface area contributed by atoms with Crippen molar-refractivity contribution in [1.29, 1.82) is 0 Å². The number of fused-ring (bicyclic) bond motifs is 1. The molecule has 0 aromatic heterocycles. The van der Waals surface area contributed by atoms with E-state index in [1.165, 1.54) is 34.0 Å². The number of rotatable bonds is 2. The van der Waals surface area contributed by atoms with Gasteiger partial charge in [0, 0.05) is 24.4 Å². The number of hydrogen-bond acceptors (Lipinski definition) is 3. The highest BCUT2D eigenvalue weighted by Gasteiger charge is 2.11. The Balaban J connectivity index is 1.75. The third kappa shape index (κ3) is 1.99. The van der Waals surface area contributed by atoms with Gasteiger partial charge in [0.2, 0.25) is 0 Å². The fourth-order valence-electron chi connectivity index (χ4n) is 2.94. The second-order valence-corrected chi connectivity index (χ2v) is 5.37. The van der Waals surface area contributed by atoms with E-state index in [0.717, 1.165) is 31.9 Å². The maximum absolute atomic E-state index is 4.58. The van der Waals surface area contributed by atoms with Crippen LogP contribution in [0.25, 0.3) is 10.8 Å². The normalized spacial score (nSPS) is 18.0. The molecule has 0 saturated carbocycles. The molecular formula is C17H17N3. The molecule has 0 radical (unpaired) electrons. The van der Waals surface area contributed by atoms with Crippen molar-refractivity contribution in [2.24, 2.45) is 9.98 Å². The Labute approximate surface area is 118 Å². The Morgan fingerprint density at radius 3 is 2.35 bits per heavy atom. The average Bonchev–Trinajstić information content (AvgIpc) is 3.19. The lowest BCUT2D eigenvalue weighted by Gasteiger charge is -2.07. The summed E-state index contributed by atoms with van der Waals surface area (Å²) < 4.78 is 0. The van der Waals surface area contributed by atoms with E-state index in [0.29, 0.717) is 0 Å². The summed E-state index contributed by atoms with van der Waals surface area (Å²) in [7, 11) is 0. The zero-order chi connectivity index (χ0) is 13.4. The molecule has 0 atom stereocenters. The number of amidine groups is 1. The largest absolute Gasteiger partial charge is 0.368 e. The standard InChI is InChI=1S/C17H17N3/c1-2-16(18-7-1)14-5-3-13-11-15(6-4-12(13)10-14)17-19-8-9-20-17/h3-6,10-11H,1-2,7-9H2,(H,19,20). The minimum Gasteiger partial charge on any atom is -0.368 e. The Morgan fingerprint density at radius 2 is 1.65 bits per heavy atom. The molecule has 3 nitrogen and oxygen atoms in total. The second kappa shape index (κ2) is 4.75. The molecule has 0 unspecified atom stereocenters. The van der Waals surface area contributed by atoms with Crippen molar-refractivity contribution in [1.82, 2.24) is 5.32 Å². The summed E-state index contributed by atoms with van der Waals surface area (Å²) in [5.41, 5.74) is 3.72. The van der Waals surface area contributed by atoms with Gasteiger partial charge in [-0.25, -0.2) is 0 Å². The highest BCUT2D eigenvalue weighted by Crippen LogP contribution is 2.21. The summed E-state index contributed by atoms with van der Waals surface area (Å²) in [5.74, 6) is 1.02. The first-order valence-electron chi connectivity index (χ1n) is 7.26. The van der Waals surface area contributed by atoms with Gasteiger partial charge in [-0.2, -0.15) is 0 Å². The summed E-state index contributed by atoms with van der Waals surface area (Å²) in [6, 6.07) is 13.2. The Kier molecular flexibility index (Phi) is 2.76. The predicted molar refractivity (Wildman–Crippen MR) is 84.0 cm³/mol. The molecule has 4 rings (SSSR count). The zero-order valence-corrected chi connectivity index (χ0v) is 11.4. The van der Waals surface area contributed by atoms with Crippen LogP contribution in [0.4, 0.5) is 0 Å². The van der Waals surface area contributed by atoms with Gasteiger partial charge in [-0.3, -0.25) is 9.98 Å². The number of nitrogens with zero attached hydrogens (tertiary/aromatic N) is 2. The van der Waals surface area contributed by atoms with Crippen LogP contribution in [0.5, 0.6) is 0 Å². The van der Waals surface area contributed by atoms with Gasteiger partial charge in [0.1, 0.15) is 5.84 Å². The van der Waals surface area contributed by atoms with E-state index in [4.69, 9.17) is 0 Å². The van der Waals surface area contributed by atoms with E-state index in [9.17, 15) is 0 Å². The molecular weight excluding hydrogens is 246 g/mol. The lowest BCUT2D eigenvalue weighted by atomic mass is 10.0. The number of nitrogens with one attached hydrogen (secondary N) is 1. The van der Waals surface area contributed by atoms with E-state index in [-0.39, 0.29) is 0 Å². The van der Waals surface area contributed by atoms with Gasteiger partial charge < -0.3 is 5.32 Å². The van der Waals surface area contributed by atoms with Gasteiger partial charge in [0.05, 0.1) is 6.54 Å². The van der Waals surface area contributed by atoms with Crippen molar-refractivity contribution < 1.29 is 0 Å². The van der Waals surface area contributed by atoms with Crippen molar-refractivity contribution >= 4 is 22.3 Å². The highest BCUT2D eigenvalue weighted by molar-refractivity contribution is 6.06. The number of hydrogen-bond donors (Lipinski definition) is 1. The van der Waals surface area contributed by atoms with Crippen molar-refractivity contribution in [2.45, 2.75) is 12.8 Å². The molecule has 2 aromatic carbocycles. The fourth-order valence-corrected chi connectivity index (χ4v) is 2.94. The minimum absolute atomic E-state index is 0.881. The molecule has 0 spiro atoms. The van der Waals surface area contributed by atoms with Crippen LogP contribution in [-0.2, 0) is 0 Å². The van der Waals surface area contributed by atoms with Gasteiger partial charge in [0.25, 0.3) is 0 Å². The zero-order valence-electron chi connectivity index (χ0n) is 11.4. The fraction of sp³-hybridized carbons (Fsp3) is 0.294. The highest BCUT2D eigenvalue weighted by atomic mass is 15.1. The van der Waals surface area contributed by atoms with Gasteiger partial charge in [0.15, 0.2) is 0 Å². The monoisotopic (exact) mass is 263 g/mol. The van der Waals surface area contributed by atoms with E-state index in [1.807, 2.05) is 0 Å². The first-order chi connectivity index (χ1) is 9.90. The van der Waals surface area contributed by atoms with Crippen LogP contribution in [0.1, 0.15) is 24.0 Å². The lowest BCUT2D eigenvalue weighted by Crippen LogP contribution is -2.19. The topological polar surface area (TPSA) is 36.8 Å². The molecule has 3 heteroatoms. The molecule has 2 heterocycles. The SMILES string of the molecule is c1cc2cc(C3=NCCN3)ccc2cc1C1=NCCC1. The van der Waals surface area contributed by atoms with Crippen molar-refractivity contribution in [3.8, 4) is 0 Å². The van der Waals surface area contributed by atoms with Crippen LogP contribution in [0, 0.1) is 0 Å². The maximum atomic E-state index is 4.58. The predicted octanol–water partition coefficient (Wildman–Crippen LogP) is 2.77. The molecule has 2 aromatic rings. The Hall–Kier alpha value is -2.16. The van der Waals surface area contributed by atoms with Crippen LogP contribution >= 0.6 is 0 Å². The van der Waals surface area contributed by atoms with Gasteiger partial charge in [-0.1, -0.05) is 24.3 Å². The van der Waals surface area contributed by atoms with Crippen molar-refractivity contribution in [3.63, 3.8) is 0 Å². The van der Waals surface area contributed by atoms with Gasteiger partial charge in [-0.15, -0.1) is 0 Å². The molecule has 1 N–H and O–H groups in total. The van der Waals surface area contributed by atoms with Crippen molar-refractivity contribution in [3.05, 3.63) is 47.5 Å². The molecule has 0 bridgehead atoms. The first-order valence-corrected chi connectivity index (χ1v) is 7.26. The van der Waals surface area contributed by atoms with Crippen LogP contribution in [0.3, 0.4) is 0 Å². The van der Waals surface area contributed by atoms with Gasteiger partial charge >= 0.3 is 0 Å². The maximum Gasteiger partial charge on any atom is 0.128 e. The first kappa shape index (κ1) is 11.6. The third-order valence-electron chi connectivity index (χ3n) is 4.00. The average molecular weight is 263 g/mol. The Bertz CT molecular complexity index is 665. The lowest BCUT2D eigenvalue weighted by molar-refractivity contribution is 0.951. The number of aliphatic imine (C=N–C) groups is 2. The van der Waals surface area contributed by atoms with Crippen molar-refractivity contribution in [2.75, 3.05) is 19.6 Å². The summed E-state index contributed by atoms with van der Waals surface area (Å²) in [5, 5.41) is 5.87. The minimum atomic E-state index is 0.881. The molecule has 0 fully saturated rings. The molecule has 0 amide bonds. The Morgan fingerprint density at radius 1 is 0.850 bits per heavy atom. The second-order valence-electron chi connectivity index (χ2n) is 5.37. The van der Waals surface area contributed by atoms with Crippen LogP contribution in [0.15, 0.2) is 46.4 Å². The summed E-state index contributed by atoms with van der Waals surface area (Å²) in [4.78, 5) is 9.06. The summed E-state index contributed by atoms with van der Waals surface area (Å²) in [6.07, 6.45) is 2.31. The molecule has 0 aliphatic carbocycles. The van der Waals surface area contributed by atoms with Crippen LogP contribution in [0.2, 0.25) is 0 Å². The van der Waals surface area contributed by atoms with E-state index >= 15 is 0 Å². The molecule has 100 valence electrons. The molecule has 20 heavy (non-hydrogen) atoms. The van der Waals surface area contributed by atoms with Crippen LogP contribution in [-0.4, -0.2) is 31.2 Å². The molecule has 0 saturated heterocycles.